The summed E-state index contributed by atoms with van der Waals surface area (Å²) in [7, 11) is 1.56. The Morgan fingerprint density at radius 2 is 0.642 bits per heavy atom. The second-order valence-corrected chi connectivity index (χ2v) is 29.9. The first-order valence-electron chi connectivity index (χ1n) is 40.4. The fourth-order valence-corrected chi connectivity index (χ4v) is 12.5. The number of aliphatic hydroxyl groups is 1. The Bertz CT molecular complexity index is 1970. The molecular weight excluding hydrogens is 1190 g/mol. The van der Waals surface area contributed by atoms with E-state index in [4.69, 9.17) is 9.05 Å². The van der Waals surface area contributed by atoms with Gasteiger partial charge in [-0.3, -0.25) is 13.8 Å². The van der Waals surface area contributed by atoms with Gasteiger partial charge in [0.1, 0.15) is 13.2 Å². The van der Waals surface area contributed by atoms with Crippen molar-refractivity contribution in [1.82, 2.24) is 5.32 Å². The van der Waals surface area contributed by atoms with Crippen LogP contribution in [0.4, 0.5) is 0 Å². The first-order chi connectivity index (χ1) is 46.5. The van der Waals surface area contributed by atoms with Gasteiger partial charge in [0, 0.05) is 6.42 Å². The Balaban J connectivity index is 4.03. The van der Waals surface area contributed by atoms with E-state index in [1.165, 1.54) is 257 Å². The molecule has 9 heteroatoms. The molecule has 0 saturated carbocycles. The average molecular weight is 1350 g/mol. The summed E-state index contributed by atoms with van der Waals surface area (Å²) in [6, 6.07) is -0.872. The van der Waals surface area contributed by atoms with Crippen LogP contribution in [0, 0.1) is 0 Å². The summed E-state index contributed by atoms with van der Waals surface area (Å²) in [4.78, 5) is 23.5. The third kappa shape index (κ3) is 78.1. The molecular formula is C86H156N2O6P+. The van der Waals surface area contributed by atoms with Gasteiger partial charge in [-0.1, -0.05) is 386 Å². The van der Waals surface area contributed by atoms with Crippen LogP contribution in [0.15, 0.2) is 122 Å². The summed E-state index contributed by atoms with van der Waals surface area (Å²) in [5.74, 6) is -0.185. The fourth-order valence-electron chi connectivity index (χ4n) is 11.7. The molecule has 0 aliphatic heterocycles. The van der Waals surface area contributed by atoms with E-state index in [1.807, 2.05) is 27.2 Å². The lowest BCUT2D eigenvalue weighted by Crippen LogP contribution is -2.45. The number of phosphoric ester groups is 1. The quantitative estimate of drug-likeness (QED) is 0.0243. The molecule has 0 saturated heterocycles. The van der Waals surface area contributed by atoms with Crippen LogP contribution in [0.2, 0.25) is 0 Å². The zero-order chi connectivity index (χ0) is 69.0. The molecule has 0 radical (unpaired) electrons. The molecule has 1 amide bonds. The van der Waals surface area contributed by atoms with Crippen molar-refractivity contribution in [1.29, 1.82) is 0 Å². The monoisotopic (exact) mass is 1340 g/mol. The Morgan fingerprint density at radius 1 is 0.368 bits per heavy atom. The summed E-state index contributed by atoms with van der Waals surface area (Å²) >= 11 is 0. The molecule has 3 unspecified atom stereocenters. The van der Waals surface area contributed by atoms with Crippen molar-refractivity contribution in [2.75, 3.05) is 40.9 Å². The predicted octanol–water partition coefficient (Wildman–Crippen LogP) is 26.7. The smallest absolute Gasteiger partial charge is 0.387 e. The van der Waals surface area contributed by atoms with E-state index in [9.17, 15) is 19.4 Å². The number of carbonyl (C=O) groups excluding carboxylic acids is 1. The number of hydrogen-bond donors (Lipinski definition) is 3. The van der Waals surface area contributed by atoms with Crippen molar-refractivity contribution in [2.24, 2.45) is 0 Å². The highest BCUT2D eigenvalue weighted by Crippen LogP contribution is 2.43. The molecule has 8 nitrogen and oxygen atoms in total. The Hall–Kier alpha value is -3.10. The number of amides is 1. The van der Waals surface area contributed by atoms with Crippen LogP contribution >= 0.6 is 7.82 Å². The molecule has 0 aromatic rings. The molecule has 0 aromatic carbocycles. The summed E-state index contributed by atoms with van der Waals surface area (Å²) in [6.07, 6.45) is 113. The molecule has 0 heterocycles. The first kappa shape index (κ1) is 91.9. The van der Waals surface area contributed by atoms with E-state index >= 15 is 0 Å². The second kappa shape index (κ2) is 75.1. The third-order valence-electron chi connectivity index (χ3n) is 17.9. The number of hydrogen-bond acceptors (Lipinski definition) is 5. The van der Waals surface area contributed by atoms with E-state index in [0.29, 0.717) is 17.4 Å². The number of phosphoric acid groups is 1. The minimum absolute atomic E-state index is 0.0532. The van der Waals surface area contributed by atoms with Gasteiger partial charge in [-0.15, -0.1) is 0 Å². The first-order valence-corrected chi connectivity index (χ1v) is 41.9. The van der Waals surface area contributed by atoms with E-state index in [1.54, 1.807) is 6.08 Å². The maximum Gasteiger partial charge on any atom is 0.472 e. The summed E-state index contributed by atoms with van der Waals surface area (Å²) < 4.78 is 23.9. The highest BCUT2D eigenvalue weighted by Gasteiger charge is 2.28. The molecule has 0 bridgehead atoms. The van der Waals surface area contributed by atoms with Gasteiger partial charge in [-0.25, -0.2) is 4.57 Å². The number of unbranched alkanes of at least 4 members (excludes halogenated alkanes) is 43. The second-order valence-electron chi connectivity index (χ2n) is 28.4. The molecule has 0 aliphatic carbocycles. The number of quaternary nitrogens is 1. The number of likely N-dealkylation sites (N-methyl/N-ethyl adjacent to an activating group) is 1. The Morgan fingerprint density at radius 3 is 0.968 bits per heavy atom. The van der Waals surface area contributed by atoms with E-state index in [2.05, 4.69) is 129 Å². The Kier molecular flexibility index (Phi) is 72.7. The predicted molar refractivity (Wildman–Crippen MR) is 419 cm³/mol. The lowest BCUT2D eigenvalue weighted by molar-refractivity contribution is -0.870. The van der Waals surface area contributed by atoms with E-state index in [-0.39, 0.29) is 19.1 Å². The van der Waals surface area contributed by atoms with Crippen LogP contribution in [0.25, 0.3) is 0 Å². The Labute approximate surface area is 590 Å². The number of aliphatic hydroxyl groups excluding tert-OH is 1. The summed E-state index contributed by atoms with van der Waals surface area (Å²) in [5, 5.41) is 14.0. The molecule has 0 aliphatic rings. The fraction of sp³-hybridized carbons (Fsp3) is 0.756. The van der Waals surface area contributed by atoms with Gasteiger partial charge < -0.3 is 19.8 Å². The lowest BCUT2D eigenvalue weighted by atomic mass is 10.0. The number of allylic oxidation sites excluding steroid dienone is 19. The molecule has 95 heavy (non-hydrogen) atoms. The number of carbonyl (C=O) groups is 1. The SMILES string of the molecule is CC/C=C\C/C=C\C/C=C\C/C=C\C/C=C\C/C=C\C/C=C\C/C=C\CCCCCCCCCCCCCCCCCCC(=O)NC(COP(=O)(O)OCC[N+](C)(C)C)C(O)/C=C/CC/C=C/CCCCCCCCCCCCCCCCCCCCCCCCCCCC. The van der Waals surface area contributed by atoms with Crippen LogP contribution in [-0.2, 0) is 18.4 Å². The van der Waals surface area contributed by atoms with Gasteiger partial charge in [-0.2, -0.15) is 0 Å². The van der Waals surface area contributed by atoms with Crippen molar-refractivity contribution >= 4 is 13.7 Å². The molecule has 0 aromatic heterocycles. The molecule has 3 atom stereocenters. The van der Waals surface area contributed by atoms with Gasteiger partial charge in [0.15, 0.2) is 0 Å². The van der Waals surface area contributed by atoms with Gasteiger partial charge in [0.05, 0.1) is 39.9 Å². The van der Waals surface area contributed by atoms with Crippen molar-refractivity contribution in [3.8, 4) is 0 Å². The summed E-state index contributed by atoms with van der Waals surface area (Å²) in [5.41, 5.74) is 0. The van der Waals surface area contributed by atoms with E-state index in [0.717, 1.165) is 89.9 Å². The van der Waals surface area contributed by atoms with Crippen molar-refractivity contribution in [2.45, 2.75) is 379 Å². The number of nitrogens with one attached hydrogen (secondary N) is 1. The maximum atomic E-state index is 13.1. The molecule has 0 spiro atoms. The lowest BCUT2D eigenvalue weighted by Gasteiger charge is -2.25. The number of rotatable bonds is 74. The normalized spacial score (nSPS) is 14.1. The standard InChI is InChI=1S/C86H155N2O6P/c1-6-8-10-12-14-16-18-20-22-24-26-28-30-32-34-36-38-40-41-42-43-44-45-46-47-48-50-52-54-56-58-60-62-64-66-68-70-72-74-76-78-80-86(90)87-84(83-94-95(91,92)93-82-81-88(3,4)5)85(89)79-77-75-73-71-69-67-65-63-61-59-57-55-53-51-49-39-37-35-33-31-29-27-25-23-21-19-17-15-13-11-9-7-2/h8,10,14,16,20,22,26,28,32,34,38,40,42-43,45-46,69,71,77,79,84-85,89H,6-7,9,11-13,15,17-19,21,23-25,27,29-31,33,35-37,39,41,44,47-68,70,72-76,78,80-83H2,1-5H3,(H-,87,90,91,92)/p+1/b10-8-,16-14-,22-20-,28-26-,34-32-,40-38-,43-42-,46-45-,71-69+,79-77+. The van der Waals surface area contributed by atoms with Gasteiger partial charge in [0.25, 0.3) is 0 Å². The van der Waals surface area contributed by atoms with Crippen LogP contribution in [0.1, 0.15) is 367 Å². The van der Waals surface area contributed by atoms with Crippen molar-refractivity contribution < 1.29 is 32.9 Å². The molecule has 0 fully saturated rings. The highest BCUT2D eigenvalue weighted by molar-refractivity contribution is 7.47. The van der Waals surface area contributed by atoms with Crippen LogP contribution < -0.4 is 5.32 Å². The average Bonchev–Trinajstić information content (AvgIpc) is 2.01. The van der Waals surface area contributed by atoms with Crippen LogP contribution in [-0.4, -0.2) is 73.4 Å². The highest BCUT2D eigenvalue weighted by atomic mass is 31.2. The molecule has 550 valence electrons. The third-order valence-corrected chi connectivity index (χ3v) is 18.9. The zero-order valence-electron chi connectivity index (χ0n) is 63.1. The van der Waals surface area contributed by atoms with Crippen molar-refractivity contribution in [3.05, 3.63) is 122 Å². The maximum absolute atomic E-state index is 13.1. The summed E-state index contributed by atoms with van der Waals surface area (Å²) in [6.45, 7) is 4.72. The largest absolute Gasteiger partial charge is 0.472 e. The van der Waals surface area contributed by atoms with Gasteiger partial charge >= 0.3 is 7.82 Å². The van der Waals surface area contributed by atoms with Crippen molar-refractivity contribution in [3.63, 3.8) is 0 Å². The van der Waals surface area contributed by atoms with Crippen LogP contribution in [0.5, 0.6) is 0 Å². The van der Waals surface area contributed by atoms with Crippen LogP contribution in [0.3, 0.4) is 0 Å². The minimum atomic E-state index is -4.37. The minimum Gasteiger partial charge on any atom is -0.387 e. The molecule has 3 N–H and O–H groups in total. The number of nitrogens with zero attached hydrogens (tertiary/aromatic N) is 1. The topological polar surface area (TPSA) is 105 Å². The zero-order valence-corrected chi connectivity index (χ0v) is 64.0. The van der Waals surface area contributed by atoms with Gasteiger partial charge in [-0.05, 0) is 96.3 Å². The van der Waals surface area contributed by atoms with Gasteiger partial charge in [0.2, 0.25) is 5.91 Å². The van der Waals surface area contributed by atoms with E-state index < -0.39 is 20.0 Å². The molecule has 0 rings (SSSR count).